The summed E-state index contributed by atoms with van der Waals surface area (Å²) in [5.74, 6) is 1.22. The first-order valence-electron chi connectivity index (χ1n) is 7.82. The molecule has 2 aliphatic rings. The molecular weight excluding hydrogens is 224 g/mol. The van der Waals surface area contributed by atoms with E-state index in [1.54, 1.807) is 0 Å². The van der Waals surface area contributed by atoms with Crippen molar-refractivity contribution in [1.29, 1.82) is 0 Å². The molecule has 2 rings (SSSR count). The van der Waals surface area contributed by atoms with E-state index in [2.05, 4.69) is 17.1 Å². The highest BCUT2D eigenvalue weighted by Crippen LogP contribution is 2.33. The molecule has 1 amide bonds. The van der Waals surface area contributed by atoms with Crippen molar-refractivity contribution in [2.24, 2.45) is 5.92 Å². The van der Waals surface area contributed by atoms with Gasteiger partial charge in [-0.25, -0.2) is 0 Å². The average Bonchev–Trinajstić information content (AvgIpc) is 3.17. The number of likely N-dealkylation sites (tertiary alicyclic amines) is 1. The van der Waals surface area contributed by atoms with Gasteiger partial charge in [0, 0.05) is 25.6 Å². The van der Waals surface area contributed by atoms with Crippen LogP contribution in [0.5, 0.6) is 0 Å². The first-order valence-corrected chi connectivity index (χ1v) is 7.82. The number of nitrogens with one attached hydrogen (secondary N) is 1. The van der Waals surface area contributed by atoms with Crippen LogP contribution in [0.2, 0.25) is 0 Å². The van der Waals surface area contributed by atoms with Crippen molar-refractivity contribution in [1.82, 2.24) is 10.2 Å². The SMILES string of the molecule is CCCNC(CN1CCCCCCC1=O)C1CC1. The van der Waals surface area contributed by atoms with E-state index in [4.69, 9.17) is 0 Å². The standard InChI is InChI=1S/C15H28N2O/c1-2-10-16-14(13-8-9-13)12-17-11-6-4-3-5-7-15(17)18/h13-14,16H,2-12H2,1H3. The van der Waals surface area contributed by atoms with E-state index in [1.165, 1.54) is 38.5 Å². The Kier molecular flexibility index (Phi) is 5.48. The van der Waals surface area contributed by atoms with Crippen LogP contribution in [0.3, 0.4) is 0 Å². The van der Waals surface area contributed by atoms with E-state index in [0.29, 0.717) is 11.9 Å². The highest BCUT2D eigenvalue weighted by molar-refractivity contribution is 5.76. The summed E-state index contributed by atoms with van der Waals surface area (Å²) < 4.78 is 0. The van der Waals surface area contributed by atoms with E-state index >= 15 is 0 Å². The van der Waals surface area contributed by atoms with Gasteiger partial charge in [-0.3, -0.25) is 4.79 Å². The summed E-state index contributed by atoms with van der Waals surface area (Å²) >= 11 is 0. The molecule has 0 radical (unpaired) electrons. The highest BCUT2D eigenvalue weighted by Gasteiger charge is 2.32. The summed E-state index contributed by atoms with van der Waals surface area (Å²) in [4.78, 5) is 14.2. The molecule has 0 aromatic carbocycles. The minimum absolute atomic E-state index is 0.388. The fraction of sp³-hybridized carbons (Fsp3) is 0.933. The van der Waals surface area contributed by atoms with Crippen LogP contribution in [0.15, 0.2) is 0 Å². The third kappa shape index (κ3) is 4.27. The maximum Gasteiger partial charge on any atom is 0.222 e. The highest BCUT2D eigenvalue weighted by atomic mass is 16.2. The summed E-state index contributed by atoms with van der Waals surface area (Å²) in [6.45, 7) is 5.22. The topological polar surface area (TPSA) is 32.3 Å². The molecule has 3 nitrogen and oxygen atoms in total. The maximum atomic E-state index is 12.1. The van der Waals surface area contributed by atoms with Crippen LogP contribution < -0.4 is 5.32 Å². The van der Waals surface area contributed by atoms with Crippen LogP contribution >= 0.6 is 0 Å². The number of rotatable bonds is 6. The van der Waals surface area contributed by atoms with Gasteiger partial charge in [-0.05, 0) is 44.6 Å². The molecule has 1 heterocycles. The molecule has 2 fully saturated rings. The Labute approximate surface area is 111 Å². The van der Waals surface area contributed by atoms with Crippen LogP contribution in [0.25, 0.3) is 0 Å². The molecular formula is C15H28N2O. The van der Waals surface area contributed by atoms with Crippen LogP contribution in [-0.2, 0) is 4.79 Å². The molecule has 0 spiro atoms. The Morgan fingerprint density at radius 1 is 1.28 bits per heavy atom. The molecule has 1 aliphatic carbocycles. The fourth-order valence-corrected chi connectivity index (χ4v) is 2.85. The molecule has 0 aromatic heterocycles. The molecule has 104 valence electrons. The summed E-state index contributed by atoms with van der Waals surface area (Å²) in [6.07, 6.45) is 9.46. The number of carbonyl (C=O) groups is 1. The summed E-state index contributed by atoms with van der Waals surface area (Å²) in [6, 6.07) is 0.549. The number of carbonyl (C=O) groups excluding carboxylic acids is 1. The maximum absolute atomic E-state index is 12.1. The summed E-state index contributed by atoms with van der Waals surface area (Å²) in [5, 5.41) is 3.64. The summed E-state index contributed by atoms with van der Waals surface area (Å²) in [7, 11) is 0. The second-order valence-corrected chi connectivity index (χ2v) is 5.90. The minimum Gasteiger partial charge on any atom is -0.341 e. The smallest absolute Gasteiger partial charge is 0.222 e. The van der Waals surface area contributed by atoms with E-state index in [0.717, 1.165) is 38.4 Å². The van der Waals surface area contributed by atoms with E-state index in [-0.39, 0.29) is 0 Å². The number of hydrogen-bond donors (Lipinski definition) is 1. The Hall–Kier alpha value is -0.570. The van der Waals surface area contributed by atoms with Crippen molar-refractivity contribution in [2.75, 3.05) is 19.6 Å². The number of amides is 1. The third-order valence-electron chi connectivity index (χ3n) is 4.19. The van der Waals surface area contributed by atoms with Gasteiger partial charge in [-0.15, -0.1) is 0 Å². The van der Waals surface area contributed by atoms with Gasteiger partial charge >= 0.3 is 0 Å². The van der Waals surface area contributed by atoms with Crippen LogP contribution in [0.4, 0.5) is 0 Å². The first-order chi connectivity index (χ1) is 8.81. The first kappa shape index (κ1) is 13.9. The van der Waals surface area contributed by atoms with Gasteiger partial charge in [0.05, 0.1) is 0 Å². The molecule has 0 aromatic rings. The van der Waals surface area contributed by atoms with Gasteiger partial charge < -0.3 is 10.2 Å². The summed E-state index contributed by atoms with van der Waals surface area (Å²) in [5.41, 5.74) is 0. The Balaban J connectivity index is 1.84. The van der Waals surface area contributed by atoms with Gasteiger partial charge in [0.15, 0.2) is 0 Å². The molecule has 1 saturated heterocycles. The Morgan fingerprint density at radius 3 is 2.78 bits per heavy atom. The zero-order valence-electron chi connectivity index (χ0n) is 11.8. The Morgan fingerprint density at radius 2 is 2.06 bits per heavy atom. The van der Waals surface area contributed by atoms with Crippen LogP contribution in [0.1, 0.15) is 58.3 Å². The van der Waals surface area contributed by atoms with Crippen molar-refractivity contribution in [3.63, 3.8) is 0 Å². The predicted molar refractivity (Wildman–Crippen MR) is 74.5 cm³/mol. The molecule has 1 aliphatic heterocycles. The fourth-order valence-electron chi connectivity index (χ4n) is 2.85. The average molecular weight is 252 g/mol. The zero-order valence-corrected chi connectivity index (χ0v) is 11.8. The normalized spacial score (nSPS) is 23.6. The minimum atomic E-state index is 0.388. The largest absolute Gasteiger partial charge is 0.341 e. The van der Waals surface area contributed by atoms with Gasteiger partial charge in [0.25, 0.3) is 0 Å². The molecule has 1 saturated carbocycles. The Bertz CT molecular complexity index is 263. The zero-order chi connectivity index (χ0) is 12.8. The lowest BCUT2D eigenvalue weighted by atomic mass is 10.1. The van der Waals surface area contributed by atoms with Crippen molar-refractivity contribution < 1.29 is 4.79 Å². The lowest BCUT2D eigenvalue weighted by Crippen LogP contribution is -2.45. The molecule has 0 bridgehead atoms. The van der Waals surface area contributed by atoms with E-state index in [9.17, 15) is 4.79 Å². The van der Waals surface area contributed by atoms with E-state index < -0.39 is 0 Å². The molecule has 1 atom stereocenters. The van der Waals surface area contributed by atoms with E-state index in [1.807, 2.05) is 0 Å². The lowest BCUT2D eigenvalue weighted by Gasteiger charge is -2.30. The van der Waals surface area contributed by atoms with Gasteiger partial charge in [-0.1, -0.05) is 19.8 Å². The molecule has 1 unspecified atom stereocenters. The number of nitrogens with zero attached hydrogens (tertiary/aromatic N) is 1. The second-order valence-electron chi connectivity index (χ2n) is 5.90. The third-order valence-corrected chi connectivity index (χ3v) is 4.19. The molecule has 3 heteroatoms. The molecule has 18 heavy (non-hydrogen) atoms. The lowest BCUT2D eigenvalue weighted by molar-refractivity contribution is -0.132. The van der Waals surface area contributed by atoms with Crippen molar-refractivity contribution >= 4 is 5.91 Å². The van der Waals surface area contributed by atoms with Gasteiger partial charge in [0.1, 0.15) is 0 Å². The van der Waals surface area contributed by atoms with Crippen LogP contribution in [-0.4, -0.2) is 36.5 Å². The van der Waals surface area contributed by atoms with Crippen molar-refractivity contribution in [3.8, 4) is 0 Å². The predicted octanol–water partition coefficient (Wildman–Crippen LogP) is 2.56. The van der Waals surface area contributed by atoms with Gasteiger partial charge in [-0.2, -0.15) is 0 Å². The number of hydrogen-bond acceptors (Lipinski definition) is 2. The van der Waals surface area contributed by atoms with Crippen molar-refractivity contribution in [3.05, 3.63) is 0 Å². The van der Waals surface area contributed by atoms with Crippen LogP contribution in [0, 0.1) is 5.92 Å². The molecule has 1 N–H and O–H groups in total. The van der Waals surface area contributed by atoms with Crippen molar-refractivity contribution in [2.45, 2.75) is 64.3 Å². The quantitative estimate of drug-likeness (QED) is 0.788. The van der Waals surface area contributed by atoms with Gasteiger partial charge in [0.2, 0.25) is 5.91 Å². The second kappa shape index (κ2) is 7.13. The monoisotopic (exact) mass is 252 g/mol.